The molecule has 17 heteroatoms. The van der Waals surface area contributed by atoms with Gasteiger partial charge in [0, 0.05) is 43.6 Å². The first-order chi connectivity index (χ1) is 25.3. The molecular formula is C36H50N8O9. The number of carbonyl (C=O) groups excluding carboxylic acids is 4. The van der Waals surface area contributed by atoms with Crippen LogP contribution in [0.5, 0.6) is 11.5 Å². The summed E-state index contributed by atoms with van der Waals surface area (Å²) in [5, 5.41) is 17.7. The number of aliphatic imine (C=N–C) groups is 1. The van der Waals surface area contributed by atoms with Crippen LogP contribution in [-0.4, -0.2) is 122 Å². The average Bonchev–Trinajstić information content (AvgIpc) is 3.48. The summed E-state index contributed by atoms with van der Waals surface area (Å²) in [6.45, 7) is 2.04. The molecule has 5 unspecified atom stereocenters. The van der Waals surface area contributed by atoms with E-state index < -0.39 is 53.9 Å². The van der Waals surface area contributed by atoms with Crippen molar-refractivity contribution in [2.45, 2.75) is 81.5 Å². The van der Waals surface area contributed by atoms with Crippen molar-refractivity contribution in [1.29, 1.82) is 0 Å². The lowest BCUT2D eigenvalue weighted by atomic mass is 9.53. The van der Waals surface area contributed by atoms with E-state index >= 15 is 0 Å². The topological polar surface area (TPSA) is 240 Å². The van der Waals surface area contributed by atoms with Crippen LogP contribution in [0.15, 0.2) is 29.0 Å². The first kappa shape index (κ1) is 37.7. The van der Waals surface area contributed by atoms with Crippen molar-refractivity contribution in [2.24, 2.45) is 28.3 Å². The van der Waals surface area contributed by atoms with Gasteiger partial charge in [-0.25, -0.2) is 4.79 Å². The fourth-order valence-electron chi connectivity index (χ4n) is 9.00. The highest BCUT2D eigenvalue weighted by atomic mass is 16.6. The molecule has 6 rings (SSSR count). The van der Waals surface area contributed by atoms with E-state index in [1.54, 1.807) is 7.11 Å². The van der Waals surface area contributed by atoms with Crippen LogP contribution < -0.4 is 36.9 Å². The molecule has 2 saturated heterocycles. The van der Waals surface area contributed by atoms with Crippen LogP contribution in [0, 0.1) is 11.8 Å². The number of likely N-dealkylation sites (tertiary alicyclic amines) is 2. The number of hydrogen-bond donors (Lipinski definition) is 6. The zero-order valence-electron chi connectivity index (χ0n) is 30.4. The van der Waals surface area contributed by atoms with Gasteiger partial charge in [0.05, 0.1) is 25.6 Å². The minimum atomic E-state index is -1.01. The number of carbonyl (C=O) groups is 5. The molecule has 8 N–H and O–H groups in total. The molecule has 4 amide bonds. The molecule has 1 spiro atoms. The number of rotatable bonds is 13. The molecular weight excluding hydrogens is 688 g/mol. The lowest BCUT2D eigenvalue weighted by Crippen LogP contribution is -2.63. The molecule has 1 aromatic carbocycles. The normalized spacial score (nSPS) is 27.2. The zero-order chi connectivity index (χ0) is 38.0. The first-order valence-corrected chi connectivity index (χ1v) is 18.2. The van der Waals surface area contributed by atoms with E-state index in [-0.39, 0.29) is 62.7 Å². The third-order valence-corrected chi connectivity index (χ3v) is 11.5. The van der Waals surface area contributed by atoms with Crippen molar-refractivity contribution in [3.8, 4) is 11.5 Å². The lowest BCUT2D eigenvalue weighted by molar-refractivity contribution is -0.144. The van der Waals surface area contributed by atoms with Gasteiger partial charge < -0.3 is 56.5 Å². The molecule has 2 aliphatic carbocycles. The highest BCUT2D eigenvalue weighted by Gasteiger charge is 2.65. The van der Waals surface area contributed by atoms with Gasteiger partial charge in [-0.1, -0.05) is 6.07 Å². The molecule has 0 saturated carbocycles. The van der Waals surface area contributed by atoms with Gasteiger partial charge in [-0.05, 0) is 82.2 Å². The van der Waals surface area contributed by atoms with E-state index in [1.807, 2.05) is 12.1 Å². The number of nitrogens with two attached hydrogens (primary N) is 2. The third-order valence-electron chi connectivity index (χ3n) is 11.5. The van der Waals surface area contributed by atoms with Crippen molar-refractivity contribution in [3.63, 3.8) is 0 Å². The predicted octanol–water partition coefficient (Wildman–Crippen LogP) is -0.0495. The number of carboxylic acid groups (broad SMARTS) is 1. The monoisotopic (exact) mass is 738 g/mol. The molecule has 3 heterocycles. The molecule has 5 aliphatic rings. The van der Waals surface area contributed by atoms with E-state index in [0.29, 0.717) is 36.1 Å². The Morgan fingerprint density at radius 2 is 1.96 bits per heavy atom. The summed E-state index contributed by atoms with van der Waals surface area (Å²) in [6.07, 6.45) is 4.01. The maximum Gasteiger partial charge on any atom is 0.415 e. The summed E-state index contributed by atoms with van der Waals surface area (Å²) in [6, 6.07) is 2.63. The maximum atomic E-state index is 14.1. The second kappa shape index (κ2) is 15.5. The maximum absolute atomic E-state index is 14.1. The molecule has 0 radical (unpaired) electrons. The highest BCUT2D eigenvalue weighted by molar-refractivity contribution is 5.90. The van der Waals surface area contributed by atoms with Crippen molar-refractivity contribution in [1.82, 2.24) is 25.8 Å². The number of ether oxygens (including phenoxy) is 3. The smallest absolute Gasteiger partial charge is 0.415 e. The highest BCUT2D eigenvalue weighted by Crippen LogP contribution is 2.63. The summed E-state index contributed by atoms with van der Waals surface area (Å²) in [5.41, 5.74) is 12.8. The molecule has 2 bridgehead atoms. The van der Waals surface area contributed by atoms with E-state index in [1.165, 1.54) is 17.4 Å². The summed E-state index contributed by atoms with van der Waals surface area (Å²) >= 11 is 0. The summed E-state index contributed by atoms with van der Waals surface area (Å²) in [5.74, 6) is -1.34. The summed E-state index contributed by atoms with van der Waals surface area (Å²) < 4.78 is 18.7. The quantitative estimate of drug-likeness (QED) is 0.0888. The van der Waals surface area contributed by atoms with E-state index in [9.17, 15) is 29.1 Å². The van der Waals surface area contributed by atoms with Crippen LogP contribution in [0.4, 0.5) is 4.79 Å². The number of hydrogen-bond acceptors (Lipinski definition) is 10. The van der Waals surface area contributed by atoms with Crippen LogP contribution in [-0.2, 0) is 35.8 Å². The number of allylic oxidation sites excluding steroid dienone is 1. The molecule has 288 valence electrons. The Balaban J connectivity index is 1.18. The SMILES string of the molecule is COc1ccc2c3c1O[C@H]1C(OC(=O)N4CCC(C(=O)O)CC4CNC(=O)[C@H](CCCN=C(N)N)NC(=O)CNC(C)=O)=CCC4C(C2)N(C)CCC341. The Hall–Kier alpha value is -5.06. The average molecular weight is 739 g/mol. The number of methoxy groups -OCH3 is 1. The Morgan fingerprint density at radius 1 is 1.17 bits per heavy atom. The fourth-order valence-corrected chi connectivity index (χ4v) is 9.00. The summed E-state index contributed by atoms with van der Waals surface area (Å²) in [7, 11) is 3.77. The molecule has 17 nitrogen and oxygen atoms in total. The predicted molar refractivity (Wildman–Crippen MR) is 191 cm³/mol. The van der Waals surface area contributed by atoms with Crippen LogP contribution in [0.3, 0.4) is 0 Å². The van der Waals surface area contributed by atoms with Crippen molar-refractivity contribution in [2.75, 3.05) is 46.9 Å². The number of carboxylic acids is 1. The fraction of sp³-hybridized carbons (Fsp3) is 0.611. The minimum absolute atomic E-state index is 0.0831. The number of nitrogens with zero attached hydrogens (tertiary/aromatic N) is 3. The Morgan fingerprint density at radius 3 is 2.68 bits per heavy atom. The standard InChI is InChI=1S/C36H50N8O9/c1-19(45)40-18-28(46)42-24(5-4-12-39-34(37)38)32(47)41-17-22-15-21(33(48)49)10-13-44(22)35(50)52-27-9-7-23-25-16-20-6-8-26(51-3)30-29(20)36(23,31(27)53-30)11-14-43(25)2/h6,8-9,21-25,31H,4-5,7,10-18H2,1-3H3,(H,40,45)(H,41,47)(H,42,46)(H,48,49)(H4,37,38,39)/t21?,22?,23?,24-,25?,31-,36?/m0/s1. The van der Waals surface area contributed by atoms with Gasteiger partial charge in [-0.3, -0.25) is 24.2 Å². The van der Waals surface area contributed by atoms with Crippen LogP contribution >= 0.6 is 0 Å². The first-order valence-electron chi connectivity index (χ1n) is 18.2. The van der Waals surface area contributed by atoms with Crippen molar-refractivity contribution < 1.29 is 43.3 Å². The largest absolute Gasteiger partial charge is 0.493 e. The Kier molecular flexibility index (Phi) is 11.0. The minimum Gasteiger partial charge on any atom is -0.493 e. The Bertz CT molecular complexity index is 1700. The zero-order valence-corrected chi connectivity index (χ0v) is 30.4. The van der Waals surface area contributed by atoms with Gasteiger partial charge in [0.1, 0.15) is 11.8 Å². The van der Waals surface area contributed by atoms with E-state index in [2.05, 4.69) is 39.0 Å². The third kappa shape index (κ3) is 7.43. The molecule has 7 atom stereocenters. The molecule has 2 fully saturated rings. The number of likely N-dealkylation sites (N-methyl/N-ethyl adjacent to an activating group) is 1. The van der Waals surface area contributed by atoms with Crippen LogP contribution in [0.1, 0.15) is 56.6 Å². The second-order valence-corrected chi connectivity index (χ2v) is 14.6. The van der Waals surface area contributed by atoms with Gasteiger partial charge in [0.25, 0.3) is 0 Å². The van der Waals surface area contributed by atoms with Crippen LogP contribution in [0.2, 0.25) is 0 Å². The number of amides is 4. The van der Waals surface area contributed by atoms with Gasteiger partial charge >= 0.3 is 12.1 Å². The number of nitrogens with one attached hydrogen (secondary N) is 3. The number of guanidine groups is 1. The van der Waals surface area contributed by atoms with E-state index in [0.717, 1.165) is 24.9 Å². The van der Waals surface area contributed by atoms with Crippen LogP contribution in [0.25, 0.3) is 0 Å². The van der Waals surface area contributed by atoms with Gasteiger partial charge in [-0.2, -0.15) is 0 Å². The summed E-state index contributed by atoms with van der Waals surface area (Å²) in [4.78, 5) is 71.3. The number of piperidine rings is 2. The Labute approximate surface area is 307 Å². The number of aliphatic carboxylic acids is 1. The van der Waals surface area contributed by atoms with E-state index in [4.69, 9.17) is 25.7 Å². The molecule has 1 aromatic rings. The number of benzene rings is 1. The molecule has 0 aromatic heterocycles. The molecule has 3 aliphatic heterocycles. The van der Waals surface area contributed by atoms with Crippen molar-refractivity contribution >= 4 is 35.7 Å². The van der Waals surface area contributed by atoms with Gasteiger partial charge in [0.2, 0.25) is 17.7 Å². The molecule has 53 heavy (non-hydrogen) atoms. The second-order valence-electron chi connectivity index (χ2n) is 14.6. The van der Waals surface area contributed by atoms with Crippen molar-refractivity contribution in [3.05, 3.63) is 35.1 Å². The van der Waals surface area contributed by atoms with Gasteiger partial charge in [0.15, 0.2) is 23.6 Å². The lowest BCUT2D eigenvalue weighted by Gasteiger charge is -2.56. The van der Waals surface area contributed by atoms with Gasteiger partial charge in [-0.15, -0.1) is 0 Å².